The highest BCUT2D eigenvalue weighted by Crippen LogP contribution is 2.16. The molecule has 2 rings (SSSR count). The first-order valence-corrected chi connectivity index (χ1v) is 4.74. The number of rotatable bonds is 2. The lowest BCUT2D eigenvalue weighted by molar-refractivity contribution is 0.0995. The number of aromatic nitrogens is 4. The van der Waals surface area contributed by atoms with Gasteiger partial charge in [0.05, 0.1) is 18.1 Å². The zero-order chi connectivity index (χ0) is 11.7. The topological polar surface area (TPSA) is 86.7 Å². The number of primary amides is 1. The van der Waals surface area contributed by atoms with E-state index in [0.29, 0.717) is 5.69 Å². The van der Waals surface area contributed by atoms with Crippen molar-refractivity contribution < 1.29 is 4.79 Å². The molecule has 0 saturated heterocycles. The summed E-state index contributed by atoms with van der Waals surface area (Å²) in [6.45, 7) is 3.65. The van der Waals surface area contributed by atoms with Crippen LogP contribution in [0.5, 0.6) is 0 Å². The number of nitrogens with two attached hydrogens (primary N) is 1. The Hall–Kier alpha value is -2.24. The van der Waals surface area contributed by atoms with Gasteiger partial charge in [-0.05, 0) is 25.5 Å². The van der Waals surface area contributed by atoms with E-state index in [4.69, 9.17) is 5.73 Å². The minimum atomic E-state index is -0.536. The molecule has 2 aromatic heterocycles. The monoisotopic (exact) mass is 217 g/mol. The second-order valence-corrected chi connectivity index (χ2v) is 3.44. The van der Waals surface area contributed by atoms with E-state index in [9.17, 15) is 4.79 Å². The maximum atomic E-state index is 11.0. The largest absolute Gasteiger partial charge is 0.364 e. The molecule has 0 fully saturated rings. The average molecular weight is 217 g/mol. The van der Waals surface area contributed by atoms with Crippen LogP contribution in [0.4, 0.5) is 0 Å². The molecule has 2 N–H and O–H groups in total. The lowest BCUT2D eigenvalue weighted by atomic mass is 10.1. The van der Waals surface area contributed by atoms with Crippen molar-refractivity contribution in [3.63, 3.8) is 0 Å². The van der Waals surface area contributed by atoms with E-state index in [1.807, 2.05) is 6.92 Å². The Kier molecular flexibility index (Phi) is 2.40. The molecular formula is C10H11N5O. The summed E-state index contributed by atoms with van der Waals surface area (Å²) < 4.78 is 0. The van der Waals surface area contributed by atoms with Crippen molar-refractivity contribution in [2.75, 3.05) is 0 Å². The van der Waals surface area contributed by atoms with Crippen LogP contribution in [0.1, 0.15) is 21.7 Å². The molecule has 0 spiro atoms. The Morgan fingerprint density at radius 1 is 1.31 bits per heavy atom. The molecule has 0 saturated carbocycles. The van der Waals surface area contributed by atoms with Crippen molar-refractivity contribution in [2.24, 2.45) is 5.73 Å². The van der Waals surface area contributed by atoms with Gasteiger partial charge in [-0.1, -0.05) is 0 Å². The Labute approximate surface area is 92.1 Å². The quantitative estimate of drug-likeness (QED) is 0.787. The second kappa shape index (κ2) is 3.73. The van der Waals surface area contributed by atoms with Gasteiger partial charge in [-0.2, -0.15) is 10.2 Å². The normalized spacial score (nSPS) is 10.4. The molecule has 0 aliphatic rings. The van der Waals surface area contributed by atoms with Crippen LogP contribution in [0, 0.1) is 13.8 Å². The van der Waals surface area contributed by atoms with Crippen LogP contribution in [-0.2, 0) is 0 Å². The lowest BCUT2D eigenvalue weighted by Gasteiger charge is -2.08. The summed E-state index contributed by atoms with van der Waals surface area (Å²) in [7, 11) is 0. The molecule has 0 aliphatic carbocycles. The molecule has 6 heteroatoms. The molecular weight excluding hydrogens is 206 g/mol. The second-order valence-electron chi connectivity index (χ2n) is 3.44. The van der Waals surface area contributed by atoms with Crippen LogP contribution >= 0.6 is 0 Å². The highest BCUT2D eigenvalue weighted by atomic mass is 16.1. The molecule has 2 heterocycles. The van der Waals surface area contributed by atoms with Crippen LogP contribution < -0.4 is 5.73 Å². The molecule has 0 radical (unpaired) electrons. The molecule has 82 valence electrons. The first-order valence-electron chi connectivity index (χ1n) is 4.74. The smallest absolute Gasteiger partial charge is 0.267 e. The Morgan fingerprint density at radius 3 is 2.44 bits per heavy atom. The number of hydrogen-bond acceptors (Lipinski definition) is 4. The van der Waals surface area contributed by atoms with Gasteiger partial charge in [0.25, 0.3) is 5.91 Å². The predicted molar refractivity (Wildman–Crippen MR) is 57.1 cm³/mol. The van der Waals surface area contributed by atoms with E-state index in [2.05, 4.69) is 15.2 Å². The highest BCUT2D eigenvalue weighted by Gasteiger charge is 2.12. The summed E-state index contributed by atoms with van der Waals surface area (Å²) in [6.07, 6.45) is 3.17. The van der Waals surface area contributed by atoms with Gasteiger partial charge in [-0.3, -0.25) is 4.79 Å². The molecule has 0 unspecified atom stereocenters. The summed E-state index contributed by atoms with van der Waals surface area (Å²) in [5.74, 6) is -0.536. The van der Waals surface area contributed by atoms with E-state index >= 15 is 0 Å². The van der Waals surface area contributed by atoms with E-state index < -0.39 is 5.91 Å². The van der Waals surface area contributed by atoms with Crippen molar-refractivity contribution in [3.05, 3.63) is 35.4 Å². The highest BCUT2D eigenvalue weighted by molar-refractivity contribution is 5.91. The van der Waals surface area contributed by atoms with Gasteiger partial charge in [0.1, 0.15) is 11.4 Å². The number of nitrogens with zero attached hydrogens (tertiary/aromatic N) is 4. The number of carbonyl (C=O) groups is 1. The third-order valence-corrected chi connectivity index (χ3v) is 2.23. The zero-order valence-electron chi connectivity index (χ0n) is 9.01. The van der Waals surface area contributed by atoms with Gasteiger partial charge >= 0.3 is 0 Å². The van der Waals surface area contributed by atoms with Gasteiger partial charge < -0.3 is 5.73 Å². The van der Waals surface area contributed by atoms with Crippen LogP contribution in [0.2, 0.25) is 0 Å². The van der Waals surface area contributed by atoms with Crippen molar-refractivity contribution >= 4 is 5.91 Å². The number of hydrogen-bond donors (Lipinski definition) is 1. The third kappa shape index (κ3) is 1.65. The molecule has 16 heavy (non-hydrogen) atoms. The molecule has 0 aromatic carbocycles. The van der Waals surface area contributed by atoms with Gasteiger partial charge in [-0.15, -0.1) is 4.80 Å². The molecule has 0 bridgehead atoms. The maximum absolute atomic E-state index is 11.0. The van der Waals surface area contributed by atoms with E-state index in [-0.39, 0.29) is 5.69 Å². The first-order chi connectivity index (χ1) is 7.59. The summed E-state index contributed by atoms with van der Waals surface area (Å²) in [6, 6.07) is 1.63. The van der Waals surface area contributed by atoms with Gasteiger partial charge in [0.2, 0.25) is 0 Å². The third-order valence-electron chi connectivity index (χ3n) is 2.23. The summed E-state index contributed by atoms with van der Waals surface area (Å²) in [4.78, 5) is 16.6. The van der Waals surface area contributed by atoms with Crippen LogP contribution in [-0.4, -0.2) is 25.9 Å². The van der Waals surface area contributed by atoms with E-state index in [1.165, 1.54) is 4.80 Å². The zero-order valence-corrected chi connectivity index (χ0v) is 9.01. The minimum absolute atomic E-state index is 0.255. The number of amides is 1. The van der Waals surface area contributed by atoms with Crippen LogP contribution in [0.3, 0.4) is 0 Å². The Bertz CT molecular complexity index is 509. The van der Waals surface area contributed by atoms with Crippen molar-refractivity contribution in [1.29, 1.82) is 0 Å². The summed E-state index contributed by atoms with van der Waals surface area (Å²) in [5, 5.41) is 8.06. The first kappa shape index (κ1) is 10.3. The number of pyridine rings is 1. The van der Waals surface area contributed by atoms with Gasteiger partial charge in [0.15, 0.2) is 0 Å². The standard InChI is InChI=1S/C10H11N5O/c1-6-5-8(10(11)16)14-7(2)9(6)15-12-3-4-13-15/h3-5H,1-2H3,(H2,11,16). The Morgan fingerprint density at radius 2 is 1.94 bits per heavy atom. The number of aryl methyl sites for hydroxylation is 2. The molecule has 1 amide bonds. The Balaban J connectivity index is 2.61. The van der Waals surface area contributed by atoms with Gasteiger partial charge in [-0.25, -0.2) is 4.98 Å². The maximum Gasteiger partial charge on any atom is 0.267 e. The average Bonchev–Trinajstić information content (AvgIpc) is 2.69. The van der Waals surface area contributed by atoms with Crippen LogP contribution in [0.25, 0.3) is 5.69 Å². The SMILES string of the molecule is Cc1cc(C(N)=O)nc(C)c1-n1nccn1. The van der Waals surface area contributed by atoms with Crippen molar-refractivity contribution in [1.82, 2.24) is 20.0 Å². The van der Waals surface area contributed by atoms with Crippen molar-refractivity contribution in [2.45, 2.75) is 13.8 Å². The number of carbonyl (C=O) groups excluding carboxylic acids is 1. The fourth-order valence-electron chi connectivity index (χ4n) is 1.58. The predicted octanol–water partition coefficient (Wildman–Crippen LogP) is 0.378. The van der Waals surface area contributed by atoms with Gasteiger partial charge in [0, 0.05) is 0 Å². The van der Waals surface area contributed by atoms with Crippen LogP contribution in [0.15, 0.2) is 18.5 Å². The fourth-order valence-corrected chi connectivity index (χ4v) is 1.58. The molecule has 0 atom stereocenters. The lowest BCUT2D eigenvalue weighted by Crippen LogP contribution is -2.16. The summed E-state index contributed by atoms with van der Waals surface area (Å²) >= 11 is 0. The fraction of sp³-hybridized carbons (Fsp3) is 0.200. The molecule has 2 aromatic rings. The summed E-state index contributed by atoms with van der Waals surface area (Å²) in [5.41, 5.74) is 7.74. The van der Waals surface area contributed by atoms with E-state index in [1.54, 1.807) is 25.4 Å². The van der Waals surface area contributed by atoms with E-state index in [0.717, 1.165) is 11.3 Å². The minimum Gasteiger partial charge on any atom is -0.364 e. The molecule has 6 nitrogen and oxygen atoms in total. The van der Waals surface area contributed by atoms with Crippen molar-refractivity contribution in [3.8, 4) is 5.69 Å². The molecule has 0 aliphatic heterocycles.